The van der Waals surface area contributed by atoms with Gasteiger partial charge in [0.15, 0.2) is 0 Å². The van der Waals surface area contributed by atoms with Crippen LogP contribution in [0.3, 0.4) is 0 Å². The first-order valence-electron chi connectivity index (χ1n) is 18.2. The number of methoxy groups -OCH3 is 1. The highest BCUT2D eigenvalue weighted by atomic mass is 35.5. The number of aromatic nitrogens is 4. The monoisotopic (exact) mass is 774 g/mol. The van der Waals surface area contributed by atoms with Crippen molar-refractivity contribution in [2.45, 2.75) is 85.6 Å². The van der Waals surface area contributed by atoms with Gasteiger partial charge >= 0.3 is 11.9 Å². The molecule has 2 aliphatic carbocycles. The predicted molar refractivity (Wildman–Crippen MR) is 210 cm³/mol. The zero-order valence-corrected chi connectivity index (χ0v) is 33.0. The standard InChI is InChI=1S/C24H26N4O3S.C15H17ClN2O2S/c1-4-24(23(29)31-5-2)7-6-16-19(10-24)32-22-20(16)21(26-13-27-22)28-17-8-14-11-25-12-15(14)9-18(17)30-3;1-3-15(14(19)20-4-2)6-5-9-10(7-15)21-13-11(9)12(16)17-8-18-13/h8-9,11,13H,4-7,10,12H2,1-3H3,(H,26,27,28);8H,3-7H2,1-2H3/t24-;15-/m11/s1. The van der Waals surface area contributed by atoms with Crippen molar-refractivity contribution < 1.29 is 23.8 Å². The van der Waals surface area contributed by atoms with E-state index in [0.717, 1.165) is 93.8 Å². The molecule has 5 aromatic rings. The molecule has 1 aliphatic heterocycles. The third-order valence-corrected chi connectivity index (χ3v) is 13.5. The summed E-state index contributed by atoms with van der Waals surface area (Å²) >= 11 is 9.50. The Morgan fingerprint density at radius 2 is 1.42 bits per heavy atom. The lowest BCUT2D eigenvalue weighted by atomic mass is 9.72. The van der Waals surface area contributed by atoms with Crippen LogP contribution in [-0.2, 0) is 51.3 Å². The molecular weight excluding hydrogens is 732 g/mol. The predicted octanol–water partition coefficient (Wildman–Crippen LogP) is 8.62. The van der Waals surface area contributed by atoms with Gasteiger partial charge in [0.05, 0.1) is 54.2 Å². The van der Waals surface area contributed by atoms with Gasteiger partial charge in [-0.15, -0.1) is 22.7 Å². The number of fused-ring (bicyclic) bond motifs is 7. The van der Waals surface area contributed by atoms with E-state index in [1.54, 1.807) is 36.1 Å². The van der Waals surface area contributed by atoms with Crippen molar-refractivity contribution >= 4 is 84.4 Å². The topological polar surface area (TPSA) is 138 Å². The molecule has 3 aliphatic rings. The number of rotatable bonds is 9. The molecule has 2 atom stereocenters. The number of aliphatic imine (C=N–C) groups is 1. The molecular formula is C39H43ClN6O5S2. The number of nitrogens with zero attached hydrogens (tertiary/aromatic N) is 5. The van der Waals surface area contributed by atoms with E-state index >= 15 is 0 Å². The molecule has 53 heavy (non-hydrogen) atoms. The lowest BCUT2D eigenvalue weighted by Gasteiger charge is -2.33. The van der Waals surface area contributed by atoms with Gasteiger partial charge < -0.3 is 19.5 Å². The van der Waals surface area contributed by atoms with Crippen LogP contribution < -0.4 is 10.1 Å². The Balaban J connectivity index is 0.000000179. The van der Waals surface area contributed by atoms with Crippen LogP contribution in [-0.4, -0.2) is 58.4 Å². The number of nitrogens with one attached hydrogen (secondary N) is 1. The maximum Gasteiger partial charge on any atom is 0.312 e. The highest BCUT2D eigenvalue weighted by Crippen LogP contribution is 2.48. The van der Waals surface area contributed by atoms with Crippen LogP contribution in [0, 0.1) is 10.8 Å². The molecule has 0 unspecified atom stereocenters. The van der Waals surface area contributed by atoms with E-state index in [1.807, 2.05) is 26.1 Å². The Bertz CT molecular complexity index is 2240. The van der Waals surface area contributed by atoms with E-state index in [-0.39, 0.29) is 11.9 Å². The highest BCUT2D eigenvalue weighted by Gasteiger charge is 2.44. The summed E-state index contributed by atoms with van der Waals surface area (Å²) in [6.45, 7) is 9.37. The minimum Gasteiger partial charge on any atom is -0.495 e. The third kappa shape index (κ3) is 6.76. The van der Waals surface area contributed by atoms with Crippen LogP contribution in [0.2, 0.25) is 5.15 Å². The van der Waals surface area contributed by atoms with Crippen molar-refractivity contribution in [2.75, 3.05) is 25.6 Å². The minimum atomic E-state index is -0.451. The maximum absolute atomic E-state index is 12.8. The summed E-state index contributed by atoms with van der Waals surface area (Å²) in [4.78, 5) is 51.3. The second kappa shape index (κ2) is 15.3. The number of halogens is 1. The number of hydrogen-bond acceptors (Lipinski definition) is 13. The highest BCUT2D eigenvalue weighted by molar-refractivity contribution is 7.19. The molecule has 4 aromatic heterocycles. The van der Waals surface area contributed by atoms with Gasteiger partial charge in [0.1, 0.15) is 39.0 Å². The van der Waals surface area contributed by atoms with Crippen molar-refractivity contribution in [2.24, 2.45) is 15.8 Å². The van der Waals surface area contributed by atoms with E-state index in [9.17, 15) is 9.59 Å². The van der Waals surface area contributed by atoms with Crippen molar-refractivity contribution in [3.05, 3.63) is 61.9 Å². The number of carbonyl (C=O) groups is 2. The molecule has 11 nitrogen and oxygen atoms in total. The molecule has 0 bridgehead atoms. The molecule has 0 radical (unpaired) electrons. The van der Waals surface area contributed by atoms with Gasteiger partial charge in [0.25, 0.3) is 0 Å². The number of ether oxygens (including phenoxy) is 3. The minimum absolute atomic E-state index is 0.0761. The molecule has 1 aromatic carbocycles. The maximum atomic E-state index is 12.8. The van der Waals surface area contributed by atoms with E-state index in [2.05, 4.69) is 50.2 Å². The van der Waals surface area contributed by atoms with Gasteiger partial charge in [-0.25, -0.2) is 19.9 Å². The number of aryl methyl sites for hydroxylation is 2. The molecule has 5 heterocycles. The zero-order chi connectivity index (χ0) is 37.3. The van der Waals surface area contributed by atoms with Gasteiger partial charge in [0.2, 0.25) is 0 Å². The van der Waals surface area contributed by atoms with E-state index in [4.69, 9.17) is 25.8 Å². The summed E-state index contributed by atoms with van der Waals surface area (Å²) in [7, 11) is 1.67. The summed E-state index contributed by atoms with van der Waals surface area (Å²) in [5.41, 5.74) is 4.70. The molecule has 8 rings (SSSR count). The normalized spacial score (nSPS) is 19.9. The van der Waals surface area contributed by atoms with E-state index in [0.29, 0.717) is 31.3 Å². The van der Waals surface area contributed by atoms with Gasteiger partial charge in [-0.2, -0.15) is 0 Å². The average Bonchev–Trinajstić information content (AvgIpc) is 3.89. The largest absolute Gasteiger partial charge is 0.495 e. The van der Waals surface area contributed by atoms with Gasteiger partial charge in [0, 0.05) is 16.0 Å². The quantitative estimate of drug-likeness (QED) is 0.114. The van der Waals surface area contributed by atoms with Crippen LogP contribution in [0.25, 0.3) is 20.4 Å². The molecule has 14 heteroatoms. The fourth-order valence-electron chi connectivity index (χ4n) is 7.81. The van der Waals surface area contributed by atoms with E-state index < -0.39 is 10.8 Å². The zero-order valence-electron chi connectivity index (χ0n) is 30.6. The summed E-state index contributed by atoms with van der Waals surface area (Å²) < 4.78 is 16.4. The van der Waals surface area contributed by atoms with Gasteiger partial charge in [-0.05, 0) is 99.6 Å². The van der Waals surface area contributed by atoms with Gasteiger partial charge in [-0.1, -0.05) is 25.4 Å². The average molecular weight is 775 g/mol. The van der Waals surface area contributed by atoms with Crippen molar-refractivity contribution in [3.63, 3.8) is 0 Å². The van der Waals surface area contributed by atoms with Crippen molar-refractivity contribution in [1.29, 1.82) is 0 Å². The lowest BCUT2D eigenvalue weighted by molar-refractivity contribution is -0.157. The Morgan fingerprint density at radius 3 is 2.00 bits per heavy atom. The fourth-order valence-corrected chi connectivity index (χ4v) is 10.8. The van der Waals surface area contributed by atoms with Crippen LogP contribution in [0.1, 0.15) is 85.4 Å². The van der Waals surface area contributed by atoms with Crippen LogP contribution in [0.4, 0.5) is 11.5 Å². The lowest BCUT2D eigenvalue weighted by Crippen LogP contribution is -2.37. The smallest absolute Gasteiger partial charge is 0.312 e. The van der Waals surface area contributed by atoms with Crippen molar-refractivity contribution in [3.8, 4) is 5.75 Å². The number of anilines is 2. The molecule has 278 valence electrons. The number of benzene rings is 1. The number of hydrogen-bond donors (Lipinski definition) is 1. The van der Waals surface area contributed by atoms with Crippen LogP contribution in [0.15, 0.2) is 29.8 Å². The summed E-state index contributed by atoms with van der Waals surface area (Å²) in [6.07, 6.45) is 11.1. The first kappa shape index (κ1) is 37.1. The fraction of sp³-hybridized carbons (Fsp3) is 0.462. The summed E-state index contributed by atoms with van der Waals surface area (Å²) in [5, 5.41) is 6.00. The number of carbonyl (C=O) groups excluding carboxylic acids is 2. The Hall–Kier alpha value is -4.20. The molecule has 0 spiro atoms. The Labute approximate surface area is 321 Å². The third-order valence-electron chi connectivity index (χ3n) is 11.0. The number of thiophene rings is 2. The second-order valence-corrected chi connectivity index (χ2v) is 16.2. The molecule has 0 saturated carbocycles. The molecule has 0 saturated heterocycles. The van der Waals surface area contributed by atoms with E-state index in [1.165, 1.54) is 27.2 Å². The molecule has 1 N–H and O–H groups in total. The summed E-state index contributed by atoms with van der Waals surface area (Å²) in [6, 6.07) is 4.08. The first-order valence-corrected chi connectivity index (χ1v) is 20.2. The van der Waals surface area contributed by atoms with Gasteiger partial charge in [-0.3, -0.25) is 14.6 Å². The Kier molecular flexibility index (Phi) is 10.7. The second-order valence-electron chi connectivity index (χ2n) is 13.7. The van der Waals surface area contributed by atoms with Crippen LogP contribution >= 0.6 is 34.3 Å². The molecule has 0 amide bonds. The molecule has 0 fully saturated rings. The van der Waals surface area contributed by atoms with Crippen molar-refractivity contribution in [1.82, 2.24) is 19.9 Å². The summed E-state index contributed by atoms with van der Waals surface area (Å²) in [5.74, 6) is 1.37. The first-order chi connectivity index (χ1) is 25.7. The van der Waals surface area contributed by atoms with Crippen LogP contribution in [0.5, 0.6) is 5.75 Å². The number of esters is 2. The SMILES string of the molecule is CCOC(=O)[C@]1(CC)CCc2c(sc3ncnc(Cl)c23)C1.CCOC(=O)[C@]1(CC)CCc2c(sc3ncnc(Nc4cc5c(cc4OC)CN=C5)c23)C1. The Morgan fingerprint density at radius 1 is 0.830 bits per heavy atom.